The standard InChI is InChI=1S/C22H16ClN5O4/c23-19-6-5-12(32-19)10-27-26-25-20-9-22(13-3-1-2-4-15(13)24-21(22)29)14-7-17-18(31-11-30-17)8-16(14)28(20)27/h1-8,26H,9-11H2,(H,24,29). The van der Waals surface area contributed by atoms with E-state index >= 15 is 0 Å². The van der Waals surface area contributed by atoms with Gasteiger partial charge in [-0.1, -0.05) is 18.2 Å². The van der Waals surface area contributed by atoms with Crippen molar-refractivity contribution in [2.75, 3.05) is 17.1 Å². The third-order valence-electron chi connectivity index (χ3n) is 6.34. The van der Waals surface area contributed by atoms with Crippen LogP contribution in [0.25, 0.3) is 0 Å². The molecule has 0 aliphatic carbocycles. The molecule has 7 rings (SSSR count). The Bertz CT molecular complexity index is 1340. The number of para-hydroxylation sites is 1. The molecule has 1 unspecified atom stereocenters. The SMILES string of the molecule is O=C1Nc2ccccc2C12CC1=NNN(Cc3ccc(Cl)o3)N1c1cc3c(cc12)OCO3. The van der Waals surface area contributed by atoms with Gasteiger partial charge in [-0.05, 0) is 41.4 Å². The Morgan fingerprint density at radius 1 is 1.09 bits per heavy atom. The van der Waals surface area contributed by atoms with Crippen LogP contribution < -0.4 is 25.3 Å². The van der Waals surface area contributed by atoms with Crippen LogP contribution >= 0.6 is 11.6 Å². The van der Waals surface area contributed by atoms with Gasteiger partial charge in [0.2, 0.25) is 12.7 Å². The predicted octanol–water partition coefficient (Wildman–Crippen LogP) is 3.36. The molecule has 0 bridgehead atoms. The molecule has 1 amide bonds. The van der Waals surface area contributed by atoms with E-state index in [2.05, 4.69) is 16.0 Å². The maximum absolute atomic E-state index is 13.5. The number of nitrogens with one attached hydrogen (secondary N) is 2. The largest absolute Gasteiger partial charge is 0.454 e. The Hall–Kier alpha value is -3.69. The van der Waals surface area contributed by atoms with Crippen molar-refractivity contribution in [2.24, 2.45) is 5.10 Å². The summed E-state index contributed by atoms with van der Waals surface area (Å²) in [5.41, 5.74) is 5.47. The molecule has 0 saturated carbocycles. The number of furan rings is 1. The number of fused-ring (bicyclic) bond motifs is 7. The Kier molecular flexibility index (Phi) is 3.46. The molecule has 32 heavy (non-hydrogen) atoms. The minimum Gasteiger partial charge on any atom is -0.454 e. The van der Waals surface area contributed by atoms with Crippen molar-refractivity contribution >= 4 is 34.7 Å². The van der Waals surface area contributed by atoms with E-state index in [1.54, 1.807) is 6.07 Å². The van der Waals surface area contributed by atoms with Crippen molar-refractivity contribution in [3.63, 3.8) is 0 Å². The number of hydrogen-bond acceptors (Lipinski definition) is 8. The van der Waals surface area contributed by atoms with Crippen molar-refractivity contribution in [3.05, 3.63) is 70.6 Å². The highest BCUT2D eigenvalue weighted by molar-refractivity contribution is 6.28. The van der Waals surface area contributed by atoms with Crippen LogP contribution in [-0.4, -0.2) is 23.7 Å². The van der Waals surface area contributed by atoms with Crippen molar-refractivity contribution < 1.29 is 18.7 Å². The second kappa shape index (κ2) is 6.18. The number of carbonyl (C=O) groups is 1. The molecular weight excluding hydrogens is 434 g/mol. The van der Waals surface area contributed by atoms with Gasteiger partial charge in [0.15, 0.2) is 16.7 Å². The lowest BCUT2D eigenvalue weighted by atomic mass is 9.70. The van der Waals surface area contributed by atoms with Crippen LogP contribution in [0.4, 0.5) is 11.4 Å². The van der Waals surface area contributed by atoms with Crippen LogP contribution in [0.5, 0.6) is 11.5 Å². The fourth-order valence-corrected chi connectivity index (χ4v) is 5.12. The lowest BCUT2D eigenvalue weighted by Crippen LogP contribution is -2.52. The molecule has 0 radical (unpaired) electrons. The second-order valence-electron chi connectivity index (χ2n) is 8.01. The zero-order chi connectivity index (χ0) is 21.4. The Labute approximate surface area is 187 Å². The molecule has 1 aromatic heterocycles. The number of hydrogen-bond donors (Lipinski definition) is 2. The number of rotatable bonds is 2. The van der Waals surface area contributed by atoms with E-state index < -0.39 is 5.41 Å². The highest BCUT2D eigenvalue weighted by Crippen LogP contribution is 2.55. The van der Waals surface area contributed by atoms with Gasteiger partial charge >= 0.3 is 0 Å². The van der Waals surface area contributed by atoms with Crippen LogP contribution in [0.2, 0.25) is 5.22 Å². The third kappa shape index (κ3) is 2.26. The summed E-state index contributed by atoms with van der Waals surface area (Å²) in [7, 11) is 0. The van der Waals surface area contributed by atoms with Gasteiger partial charge in [-0.2, -0.15) is 0 Å². The normalized spacial score (nSPS) is 22.3. The molecule has 10 heteroatoms. The van der Waals surface area contributed by atoms with E-state index in [4.69, 9.17) is 25.5 Å². The quantitative estimate of drug-likeness (QED) is 0.619. The first-order chi connectivity index (χ1) is 15.6. The maximum atomic E-state index is 13.5. The summed E-state index contributed by atoms with van der Waals surface area (Å²) in [6.07, 6.45) is 0.380. The van der Waals surface area contributed by atoms with Gasteiger partial charge in [-0.15, -0.1) is 10.2 Å². The first-order valence-corrected chi connectivity index (χ1v) is 10.5. The Morgan fingerprint density at radius 2 is 1.94 bits per heavy atom. The lowest BCUT2D eigenvalue weighted by Gasteiger charge is -2.41. The minimum absolute atomic E-state index is 0.0857. The number of halogens is 1. The van der Waals surface area contributed by atoms with Crippen LogP contribution in [0.15, 0.2) is 58.0 Å². The fourth-order valence-electron chi connectivity index (χ4n) is 4.96. The molecule has 9 nitrogen and oxygen atoms in total. The molecule has 2 aromatic carbocycles. The molecule has 0 saturated heterocycles. The van der Waals surface area contributed by atoms with Crippen molar-refractivity contribution in [2.45, 2.75) is 18.4 Å². The number of carbonyl (C=O) groups excluding carboxylic acids is 1. The number of benzene rings is 2. The zero-order valence-electron chi connectivity index (χ0n) is 16.6. The summed E-state index contributed by atoms with van der Waals surface area (Å²) in [6.45, 7) is 0.519. The molecule has 1 spiro atoms. The summed E-state index contributed by atoms with van der Waals surface area (Å²) >= 11 is 5.95. The van der Waals surface area contributed by atoms with Gasteiger partial charge in [0.1, 0.15) is 17.0 Å². The topological polar surface area (TPSA) is 91.6 Å². The molecule has 4 aliphatic heterocycles. The van der Waals surface area contributed by atoms with E-state index in [9.17, 15) is 4.79 Å². The second-order valence-corrected chi connectivity index (χ2v) is 8.38. The minimum atomic E-state index is -0.923. The van der Waals surface area contributed by atoms with E-state index in [0.717, 1.165) is 22.5 Å². The highest BCUT2D eigenvalue weighted by Gasteiger charge is 2.56. The summed E-state index contributed by atoms with van der Waals surface area (Å²) in [5, 5.41) is 11.7. The first-order valence-electron chi connectivity index (χ1n) is 10.1. The molecule has 1 atom stereocenters. The molecule has 160 valence electrons. The van der Waals surface area contributed by atoms with Gasteiger partial charge < -0.3 is 19.2 Å². The van der Waals surface area contributed by atoms with Crippen LogP contribution in [0.3, 0.4) is 0 Å². The maximum Gasteiger partial charge on any atom is 0.240 e. The van der Waals surface area contributed by atoms with E-state index in [1.165, 1.54) is 0 Å². The highest BCUT2D eigenvalue weighted by atomic mass is 35.5. The van der Waals surface area contributed by atoms with Crippen molar-refractivity contribution in [1.29, 1.82) is 0 Å². The monoisotopic (exact) mass is 449 g/mol. The number of anilines is 2. The van der Waals surface area contributed by atoms with Crippen molar-refractivity contribution in [3.8, 4) is 11.5 Å². The summed E-state index contributed by atoms with van der Waals surface area (Å²) in [6, 6.07) is 15.1. The molecule has 4 aliphatic rings. The lowest BCUT2D eigenvalue weighted by molar-refractivity contribution is -0.119. The number of amides is 1. The number of nitrogens with zero attached hydrogens (tertiary/aromatic N) is 3. The fraction of sp³-hybridized carbons (Fsp3) is 0.182. The number of ether oxygens (including phenoxy) is 2. The molecule has 2 N–H and O–H groups in total. The van der Waals surface area contributed by atoms with Crippen LogP contribution in [-0.2, 0) is 16.8 Å². The number of hydrazone groups is 1. The predicted molar refractivity (Wildman–Crippen MR) is 115 cm³/mol. The smallest absolute Gasteiger partial charge is 0.240 e. The van der Waals surface area contributed by atoms with E-state index in [1.807, 2.05) is 52.6 Å². The van der Waals surface area contributed by atoms with Crippen LogP contribution in [0.1, 0.15) is 23.3 Å². The summed E-state index contributed by atoms with van der Waals surface area (Å²) in [4.78, 5) is 13.5. The Morgan fingerprint density at radius 3 is 2.78 bits per heavy atom. The first kappa shape index (κ1) is 17.9. The third-order valence-corrected chi connectivity index (χ3v) is 6.54. The van der Waals surface area contributed by atoms with E-state index in [0.29, 0.717) is 41.3 Å². The van der Waals surface area contributed by atoms with Crippen molar-refractivity contribution in [1.82, 2.24) is 10.7 Å². The van der Waals surface area contributed by atoms with Gasteiger partial charge in [0, 0.05) is 23.7 Å². The zero-order valence-corrected chi connectivity index (χ0v) is 17.3. The molecule has 3 aromatic rings. The summed E-state index contributed by atoms with van der Waals surface area (Å²) in [5.74, 6) is 2.54. The molecule has 5 heterocycles. The number of hydrazine groups is 2. The Balaban J connectivity index is 1.42. The van der Waals surface area contributed by atoms with E-state index in [-0.39, 0.29) is 12.7 Å². The molecular formula is C22H16ClN5O4. The number of amidine groups is 1. The average molecular weight is 450 g/mol. The summed E-state index contributed by atoms with van der Waals surface area (Å²) < 4.78 is 16.9. The van der Waals surface area contributed by atoms with Gasteiger partial charge in [0.05, 0.1) is 12.2 Å². The van der Waals surface area contributed by atoms with Gasteiger partial charge in [-0.3, -0.25) is 4.79 Å². The van der Waals surface area contributed by atoms with Gasteiger partial charge in [-0.25, -0.2) is 10.5 Å². The van der Waals surface area contributed by atoms with Gasteiger partial charge in [0.25, 0.3) is 0 Å². The van der Waals surface area contributed by atoms with Crippen LogP contribution in [0, 0.1) is 0 Å². The molecule has 0 fully saturated rings. The average Bonchev–Trinajstić information content (AvgIpc) is 3.56.